The molecule has 1 saturated carbocycles. The second-order valence-electron chi connectivity index (χ2n) is 6.45. The van der Waals surface area contributed by atoms with E-state index in [-0.39, 0.29) is 6.61 Å². The molecule has 0 saturated heterocycles. The van der Waals surface area contributed by atoms with Gasteiger partial charge in [-0.25, -0.2) is 0 Å². The van der Waals surface area contributed by atoms with Gasteiger partial charge in [-0.05, 0) is 18.9 Å². The third-order valence-electron chi connectivity index (χ3n) is 4.55. The van der Waals surface area contributed by atoms with Crippen molar-refractivity contribution in [2.24, 2.45) is 5.16 Å². The van der Waals surface area contributed by atoms with Crippen LogP contribution in [0.1, 0.15) is 44.1 Å². The molecule has 0 radical (unpaired) electrons. The van der Waals surface area contributed by atoms with E-state index in [0.29, 0.717) is 12.6 Å². The van der Waals surface area contributed by atoms with E-state index in [1.54, 1.807) is 11.8 Å². The Kier molecular flexibility index (Phi) is 6.84. The van der Waals surface area contributed by atoms with Gasteiger partial charge < -0.3 is 15.3 Å². The standard InChI is InChI=1S/C18H25ClN2O2S/c19-16-8-4-7-15-17(9-10-24-18(15)16)21-23-12-14(22)11-20-13-5-2-1-3-6-13/h4,7-8,13-14,20,22H,1-3,5-6,9-12H2. The van der Waals surface area contributed by atoms with Crippen molar-refractivity contribution in [3.63, 3.8) is 0 Å². The molecule has 24 heavy (non-hydrogen) atoms. The number of halogens is 1. The maximum atomic E-state index is 10.1. The van der Waals surface area contributed by atoms with Crippen molar-refractivity contribution in [2.75, 3.05) is 18.9 Å². The van der Waals surface area contributed by atoms with Crippen LogP contribution >= 0.6 is 23.4 Å². The number of rotatable bonds is 6. The Morgan fingerprint density at radius 2 is 2.17 bits per heavy atom. The zero-order valence-electron chi connectivity index (χ0n) is 13.8. The first-order valence-electron chi connectivity index (χ1n) is 8.76. The molecule has 0 aromatic heterocycles. The number of oxime groups is 1. The number of fused-ring (bicyclic) bond motifs is 1. The van der Waals surface area contributed by atoms with Crippen LogP contribution in [0, 0.1) is 0 Å². The Hall–Kier alpha value is -0.750. The zero-order chi connectivity index (χ0) is 16.8. The minimum Gasteiger partial charge on any atom is -0.393 e. The van der Waals surface area contributed by atoms with Crippen molar-refractivity contribution in [2.45, 2.75) is 55.6 Å². The predicted octanol–water partition coefficient (Wildman–Crippen LogP) is 3.84. The van der Waals surface area contributed by atoms with Crippen molar-refractivity contribution in [3.8, 4) is 0 Å². The van der Waals surface area contributed by atoms with Gasteiger partial charge >= 0.3 is 0 Å². The summed E-state index contributed by atoms with van der Waals surface area (Å²) in [6, 6.07) is 6.41. The molecule has 1 aromatic carbocycles. The molecule has 132 valence electrons. The Bertz CT molecular complexity index is 576. The van der Waals surface area contributed by atoms with E-state index in [0.717, 1.165) is 33.4 Å². The van der Waals surface area contributed by atoms with Crippen LogP contribution in [-0.4, -0.2) is 41.9 Å². The average Bonchev–Trinajstić information content (AvgIpc) is 2.62. The Balaban J connectivity index is 1.47. The van der Waals surface area contributed by atoms with E-state index < -0.39 is 6.10 Å². The minimum atomic E-state index is -0.534. The van der Waals surface area contributed by atoms with Gasteiger partial charge in [0.2, 0.25) is 0 Å². The summed E-state index contributed by atoms with van der Waals surface area (Å²) < 4.78 is 0. The molecule has 1 unspecified atom stereocenters. The van der Waals surface area contributed by atoms with Crippen LogP contribution in [0.3, 0.4) is 0 Å². The number of aliphatic hydroxyl groups excluding tert-OH is 1. The van der Waals surface area contributed by atoms with E-state index in [2.05, 4.69) is 10.5 Å². The number of benzene rings is 1. The minimum absolute atomic E-state index is 0.215. The van der Waals surface area contributed by atoms with Crippen LogP contribution in [0.4, 0.5) is 0 Å². The summed E-state index contributed by atoms with van der Waals surface area (Å²) in [6.07, 6.45) is 6.67. The summed E-state index contributed by atoms with van der Waals surface area (Å²) in [5.41, 5.74) is 1.97. The van der Waals surface area contributed by atoms with Crippen LogP contribution < -0.4 is 5.32 Å². The quantitative estimate of drug-likeness (QED) is 0.749. The lowest BCUT2D eigenvalue weighted by Gasteiger charge is -2.24. The van der Waals surface area contributed by atoms with Gasteiger partial charge in [0.25, 0.3) is 0 Å². The monoisotopic (exact) mass is 368 g/mol. The molecule has 1 fully saturated rings. The fraction of sp³-hybridized carbons (Fsp3) is 0.611. The van der Waals surface area contributed by atoms with Crippen LogP contribution in [0.15, 0.2) is 28.3 Å². The summed E-state index contributed by atoms with van der Waals surface area (Å²) in [4.78, 5) is 6.49. The van der Waals surface area contributed by atoms with Gasteiger partial charge in [-0.3, -0.25) is 0 Å². The van der Waals surface area contributed by atoms with Gasteiger partial charge in [0.1, 0.15) is 12.7 Å². The van der Waals surface area contributed by atoms with Gasteiger partial charge in [0, 0.05) is 35.2 Å². The molecule has 2 N–H and O–H groups in total. The first-order valence-corrected chi connectivity index (χ1v) is 10.1. The Morgan fingerprint density at radius 3 is 3.00 bits per heavy atom. The molecule has 1 atom stereocenters. The number of aliphatic hydroxyl groups is 1. The molecule has 1 aliphatic carbocycles. The second kappa shape index (κ2) is 9.09. The SMILES string of the molecule is OC(CNC1CCCCC1)CON=C1CCSc2c(Cl)cccc21. The number of nitrogens with zero attached hydrogens (tertiary/aromatic N) is 1. The first-order chi connectivity index (χ1) is 11.7. The largest absolute Gasteiger partial charge is 0.393 e. The number of thioether (sulfide) groups is 1. The highest BCUT2D eigenvalue weighted by Crippen LogP contribution is 2.35. The molecule has 0 amide bonds. The summed E-state index contributed by atoms with van der Waals surface area (Å²) in [5.74, 6) is 0.949. The zero-order valence-corrected chi connectivity index (χ0v) is 15.4. The third kappa shape index (κ3) is 4.88. The summed E-state index contributed by atoms with van der Waals surface area (Å²) in [7, 11) is 0. The molecule has 1 aliphatic heterocycles. The number of hydrogen-bond acceptors (Lipinski definition) is 5. The third-order valence-corrected chi connectivity index (χ3v) is 6.12. The lowest BCUT2D eigenvalue weighted by atomic mass is 9.95. The molecule has 3 rings (SSSR count). The fourth-order valence-corrected chi connectivity index (χ4v) is 4.62. The van der Waals surface area contributed by atoms with Gasteiger partial charge in [-0.2, -0.15) is 0 Å². The lowest BCUT2D eigenvalue weighted by Crippen LogP contribution is -2.38. The highest BCUT2D eigenvalue weighted by atomic mass is 35.5. The van der Waals surface area contributed by atoms with Crippen LogP contribution in [0.25, 0.3) is 0 Å². The van der Waals surface area contributed by atoms with Gasteiger partial charge in [-0.15, -0.1) is 11.8 Å². The van der Waals surface area contributed by atoms with Crippen molar-refractivity contribution in [1.29, 1.82) is 0 Å². The topological polar surface area (TPSA) is 53.8 Å². The number of hydrogen-bond donors (Lipinski definition) is 2. The van der Waals surface area contributed by atoms with Crippen molar-refractivity contribution < 1.29 is 9.94 Å². The molecular formula is C18H25ClN2O2S. The van der Waals surface area contributed by atoms with Crippen LogP contribution in [-0.2, 0) is 4.84 Å². The van der Waals surface area contributed by atoms with Crippen LogP contribution in [0.2, 0.25) is 5.02 Å². The fourth-order valence-electron chi connectivity index (χ4n) is 3.23. The molecule has 2 aliphatic rings. The average molecular weight is 369 g/mol. The van der Waals surface area contributed by atoms with E-state index in [1.165, 1.54) is 32.1 Å². The maximum absolute atomic E-state index is 10.1. The molecule has 0 bridgehead atoms. The molecule has 6 heteroatoms. The van der Waals surface area contributed by atoms with E-state index in [1.807, 2.05) is 18.2 Å². The molecule has 1 heterocycles. The van der Waals surface area contributed by atoms with E-state index in [4.69, 9.17) is 16.4 Å². The highest BCUT2D eigenvalue weighted by molar-refractivity contribution is 7.99. The highest BCUT2D eigenvalue weighted by Gasteiger charge is 2.19. The summed E-state index contributed by atoms with van der Waals surface area (Å²) in [5, 5.41) is 18.5. The van der Waals surface area contributed by atoms with Crippen molar-refractivity contribution in [1.82, 2.24) is 5.32 Å². The Morgan fingerprint density at radius 1 is 1.33 bits per heavy atom. The van der Waals surface area contributed by atoms with Gasteiger partial charge in [-0.1, -0.05) is 48.2 Å². The van der Waals surface area contributed by atoms with Crippen LogP contribution in [0.5, 0.6) is 0 Å². The molecule has 4 nitrogen and oxygen atoms in total. The molecule has 0 spiro atoms. The van der Waals surface area contributed by atoms with Crippen molar-refractivity contribution in [3.05, 3.63) is 28.8 Å². The number of nitrogens with one attached hydrogen (secondary N) is 1. The predicted molar refractivity (Wildman–Crippen MR) is 100 cm³/mol. The van der Waals surface area contributed by atoms with Crippen molar-refractivity contribution >= 4 is 29.1 Å². The van der Waals surface area contributed by atoms with Gasteiger partial charge in [0.05, 0.1) is 10.7 Å². The molecule has 1 aromatic rings. The first kappa shape index (κ1) is 18.1. The normalized spacial score (nSPS) is 21.5. The second-order valence-corrected chi connectivity index (χ2v) is 7.96. The summed E-state index contributed by atoms with van der Waals surface area (Å²) >= 11 is 8.00. The van der Waals surface area contributed by atoms with E-state index in [9.17, 15) is 5.11 Å². The maximum Gasteiger partial charge on any atom is 0.144 e. The molecular weight excluding hydrogens is 344 g/mol. The Labute approximate surface area is 153 Å². The lowest BCUT2D eigenvalue weighted by molar-refractivity contribution is 0.0380. The smallest absolute Gasteiger partial charge is 0.144 e. The summed E-state index contributed by atoms with van der Waals surface area (Å²) in [6.45, 7) is 0.778. The van der Waals surface area contributed by atoms with Gasteiger partial charge in [0.15, 0.2) is 0 Å². The van der Waals surface area contributed by atoms with E-state index >= 15 is 0 Å².